The summed E-state index contributed by atoms with van der Waals surface area (Å²) >= 11 is 0. The Labute approximate surface area is 160 Å². The third-order valence-electron chi connectivity index (χ3n) is 3.60. The average Bonchev–Trinajstić information content (AvgIpc) is 2.54. The zero-order chi connectivity index (χ0) is 18.4. The van der Waals surface area contributed by atoms with Crippen LogP contribution in [0.15, 0.2) is 48.5 Å². The molecule has 0 aliphatic heterocycles. The first-order valence-electron chi connectivity index (χ1n) is 8.04. The van der Waals surface area contributed by atoms with Crippen LogP contribution in [0.5, 0.6) is 0 Å². The first kappa shape index (κ1) is 22.0. The molecule has 0 fully saturated rings. The minimum absolute atomic E-state index is 0. The second-order valence-corrected chi connectivity index (χ2v) is 7.72. The van der Waals surface area contributed by atoms with E-state index in [9.17, 15) is 13.2 Å². The lowest BCUT2D eigenvalue weighted by Gasteiger charge is -2.14. The lowest BCUT2D eigenvalue weighted by molar-refractivity contribution is -0.117. The van der Waals surface area contributed by atoms with E-state index in [1.165, 1.54) is 0 Å². The van der Waals surface area contributed by atoms with Crippen LogP contribution >= 0.6 is 12.4 Å². The van der Waals surface area contributed by atoms with Gasteiger partial charge >= 0.3 is 0 Å². The number of hydrogen-bond donors (Lipinski definition) is 3. The number of amides is 1. The van der Waals surface area contributed by atoms with Gasteiger partial charge in [0.2, 0.25) is 15.9 Å². The third-order valence-corrected chi connectivity index (χ3v) is 5.09. The summed E-state index contributed by atoms with van der Waals surface area (Å²) in [5.74, 6) is -0.320. The lowest BCUT2D eigenvalue weighted by Crippen LogP contribution is -2.27. The molecule has 0 spiro atoms. The number of rotatable bonds is 7. The van der Waals surface area contributed by atoms with Gasteiger partial charge in [-0.15, -0.1) is 12.4 Å². The highest BCUT2D eigenvalue weighted by molar-refractivity contribution is 7.92. The molecule has 0 saturated heterocycles. The molecule has 2 aromatic rings. The van der Waals surface area contributed by atoms with E-state index in [0.29, 0.717) is 23.4 Å². The van der Waals surface area contributed by atoms with Gasteiger partial charge in [-0.25, -0.2) is 8.42 Å². The number of halogens is 1. The number of anilines is 2. The van der Waals surface area contributed by atoms with Gasteiger partial charge in [-0.2, -0.15) is 0 Å². The number of carbonyl (C=O) groups is 1. The molecule has 0 radical (unpaired) electrons. The summed E-state index contributed by atoms with van der Waals surface area (Å²) < 4.78 is 26.2. The minimum atomic E-state index is -3.38. The number of sulfonamides is 1. The fourth-order valence-corrected chi connectivity index (χ4v) is 3.43. The molecule has 8 heteroatoms. The smallest absolute Gasteiger partial charge is 0.245 e. The topological polar surface area (TPSA) is 101 Å². The van der Waals surface area contributed by atoms with Crippen LogP contribution in [0.25, 0.3) is 0 Å². The van der Waals surface area contributed by atoms with Crippen molar-refractivity contribution in [3.8, 4) is 0 Å². The van der Waals surface area contributed by atoms with Gasteiger partial charge in [-0.1, -0.05) is 42.8 Å². The second-order valence-electron chi connectivity index (χ2n) is 5.88. The third kappa shape index (κ3) is 6.33. The Bertz CT molecular complexity index is 839. The van der Waals surface area contributed by atoms with Crippen molar-refractivity contribution >= 4 is 39.7 Å². The molecule has 142 valence electrons. The number of aryl methyl sites for hydroxylation is 1. The van der Waals surface area contributed by atoms with Crippen molar-refractivity contribution in [3.63, 3.8) is 0 Å². The molecule has 4 N–H and O–H groups in total. The number of nitrogens with one attached hydrogen (secondary N) is 2. The highest BCUT2D eigenvalue weighted by Crippen LogP contribution is 2.19. The maximum absolute atomic E-state index is 12.3. The molecule has 6 nitrogen and oxygen atoms in total. The van der Waals surface area contributed by atoms with Gasteiger partial charge in [0, 0.05) is 5.69 Å². The fraction of sp³-hybridized carbons (Fsp3) is 0.278. The lowest BCUT2D eigenvalue weighted by atomic mass is 10.1. The van der Waals surface area contributed by atoms with Crippen molar-refractivity contribution in [2.75, 3.05) is 15.8 Å². The number of benzene rings is 2. The van der Waals surface area contributed by atoms with Gasteiger partial charge in [0.15, 0.2) is 0 Å². The fourth-order valence-electron chi connectivity index (χ4n) is 2.30. The van der Waals surface area contributed by atoms with E-state index >= 15 is 0 Å². The van der Waals surface area contributed by atoms with Crippen molar-refractivity contribution in [2.45, 2.75) is 26.3 Å². The predicted molar refractivity (Wildman–Crippen MR) is 108 cm³/mol. The van der Waals surface area contributed by atoms with E-state index in [-0.39, 0.29) is 24.1 Å². The van der Waals surface area contributed by atoms with Crippen LogP contribution < -0.4 is 15.8 Å². The number of carbonyl (C=O) groups excluding carboxylic acids is 1. The summed E-state index contributed by atoms with van der Waals surface area (Å²) in [6.45, 7) is 3.75. The van der Waals surface area contributed by atoms with E-state index in [4.69, 9.17) is 5.73 Å². The van der Waals surface area contributed by atoms with Gasteiger partial charge in [-0.05, 0) is 37.1 Å². The van der Waals surface area contributed by atoms with Gasteiger partial charge in [0.05, 0.1) is 11.4 Å². The maximum Gasteiger partial charge on any atom is 0.245 e. The summed E-state index contributed by atoms with van der Waals surface area (Å²) in [5.41, 5.74) is 8.66. The number of hydrogen-bond acceptors (Lipinski definition) is 4. The van der Waals surface area contributed by atoms with Crippen molar-refractivity contribution in [2.24, 2.45) is 5.73 Å². The Morgan fingerprint density at radius 2 is 1.73 bits per heavy atom. The summed E-state index contributed by atoms with van der Waals surface area (Å²) in [5, 5.41) is 2.71. The van der Waals surface area contributed by atoms with Crippen LogP contribution in [0.4, 0.5) is 11.4 Å². The monoisotopic (exact) mass is 397 g/mol. The van der Waals surface area contributed by atoms with Crippen molar-refractivity contribution in [3.05, 3.63) is 59.7 Å². The summed E-state index contributed by atoms with van der Waals surface area (Å²) in [6.07, 6.45) is 0.525. The highest BCUT2D eigenvalue weighted by Gasteiger charge is 2.16. The molecule has 0 heterocycles. The highest BCUT2D eigenvalue weighted by atomic mass is 35.5. The Morgan fingerprint density at radius 3 is 2.35 bits per heavy atom. The molecule has 1 atom stereocenters. The van der Waals surface area contributed by atoms with Gasteiger partial charge in [0.25, 0.3) is 0 Å². The standard InChI is InChI=1S/C18H23N3O3S.ClH/c1-3-11-25(23,24)21-16-6-4-5-15(12-16)20-18(22)17(19)14-9-7-13(2)8-10-14;/h4-10,12,17,21H,3,11,19H2,1-2H3,(H,20,22);1H. The maximum atomic E-state index is 12.3. The SMILES string of the molecule is CCCS(=O)(=O)Nc1cccc(NC(=O)C(N)c2ccc(C)cc2)c1.Cl. The van der Waals surface area contributed by atoms with Crippen LogP contribution in [-0.2, 0) is 14.8 Å². The zero-order valence-corrected chi connectivity index (χ0v) is 16.4. The molecule has 26 heavy (non-hydrogen) atoms. The van der Waals surface area contributed by atoms with Gasteiger partial charge in [-0.3, -0.25) is 9.52 Å². The van der Waals surface area contributed by atoms with Crippen molar-refractivity contribution < 1.29 is 13.2 Å². The van der Waals surface area contributed by atoms with E-state index in [2.05, 4.69) is 10.0 Å². The predicted octanol–water partition coefficient (Wildman–Crippen LogP) is 3.21. The summed E-state index contributed by atoms with van der Waals surface area (Å²) in [6, 6.07) is 13.1. The van der Waals surface area contributed by atoms with Crippen LogP contribution in [-0.4, -0.2) is 20.1 Å². The Balaban J connectivity index is 0.00000338. The van der Waals surface area contributed by atoms with Gasteiger partial charge in [0.1, 0.15) is 6.04 Å². The van der Waals surface area contributed by atoms with Crippen LogP contribution in [0.2, 0.25) is 0 Å². The van der Waals surface area contributed by atoms with Gasteiger partial charge < -0.3 is 11.1 Å². The molecule has 1 amide bonds. The molecular weight excluding hydrogens is 374 g/mol. The van der Waals surface area contributed by atoms with Crippen molar-refractivity contribution in [1.29, 1.82) is 0 Å². The molecular formula is C18H24ClN3O3S. The van der Waals surface area contributed by atoms with Crippen molar-refractivity contribution in [1.82, 2.24) is 0 Å². The molecule has 0 bridgehead atoms. The molecule has 1 unspecified atom stereocenters. The summed E-state index contributed by atoms with van der Waals surface area (Å²) in [7, 11) is -3.38. The largest absolute Gasteiger partial charge is 0.324 e. The van der Waals surface area contributed by atoms with E-state index in [1.54, 1.807) is 31.2 Å². The Kier molecular flexibility index (Phi) is 8.08. The normalized spacial score (nSPS) is 12.0. The van der Waals surface area contributed by atoms with E-state index in [1.807, 2.05) is 31.2 Å². The van der Waals surface area contributed by atoms with Crippen LogP contribution in [0.3, 0.4) is 0 Å². The Hall–Kier alpha value is -2.09. The summed E-state index contributed by atoms with van der Waals surface area (Å²) in [4.78, 5) is 12.3. The minimum Gasteiger partial charge on any atom is -0.324 e. The molecule has 2 rings (SSSR count). The molecule has 0 aliphatic carbocycles. The first-order chi connectivity index (χ1) is 11.8. The van der Waals surface area contributed by atoms with Crippen LogP contribution in [0, 0.1) is 6.92 Å². The van der Waals surface area contributed by atoms with Crippen LogP contribution in [0.1, 0.15) is 30.5 Å². The molecule has 0 saturated carbocycles. The second kappa shape index (κ2) is 9.56. The molecule has 0 aromatic heterocycles. The average molecular weight is 398 g/mol. The van der Waals surface area contributed by atoms with E-state index in [0.717, 1.165) is 5.56 Å². The first-order valence-corrected chi connectivity index (χ1v) is 9.69. The van der Waals surface area contributed by atoms with E-state index < -0.39 is 16.1 Å². The zero-order valence-electron chi connectivity index (χ0n) is 14.7. The number of nitrogens with two attached hydrogens (primary N) is 1. The molecule has 2 aromatic carbocycles. The Morgan fingerprint density at radius 1 is 1.12 bits per heavy atom. The molecule has 0 aliphatic rings. The quantitative estimate of drug-likeness (QED) is 0.667.